The van der Waals surface area contributed by atoms with Crippen molar-refractivity contribution in [2.45, 2.75) is 26.3 Å². The first-order chi connectivity index (χ1) is 9.11. The molecule has 1 unspecified atom stereocenters. The first-order valence-electron chi connectivity index (χ1n) is 6.38. The fourth-order valence-corrected chi connectivity index (χ4v) is 2.60. The Morgan fingerprint density at radius 1 is 1.11 bits per heavy atom. The number of halogens is 1. The Balaban J connectivity index is 2.25. The van der Waals surface area contributed by atoms with Crippen LogP contribution in [0, 0.1) is 13.8 Å². The van der Waals surface area contributed by atoms with Crippen LogP contribution in [0.2, 0.25) is 0 Å². The summed E-state index contributed by atoms with van der Waals surface area (Å²) >= 11 is 3.57. The summed E-state index contributed by atoms with van der Waals surface area (Å²) in [5.41, 5.74) is 7.96. The van der Waals surface area contributed by atoms with Crippen molar-refractivity contribution in [1.29, 1.82) is 0 Å². The molecule has 0 aliphatic carbocycles. The zero-order valence-corrected chi connectivity index (χ0v) is 12.9. The molecule has 19 heavy (non-hydrogen) atoms. The Kier molecular flexibility index (Phi) is 4.75. The van der Waals surface area contributed by atoms with Gasteiger partial charge in [-0.15, -0.1) is 0 Å². The SMILES string of the molecule is Cc1ccc(CC(NN)c2cccc(Br)c2C)cc1. The Morgan fingerprint density at radius 3 is 2.42 bits per heavy atom. The quantitative estimate of drug-likeness (QED) is 0.664. The van der Waals surface area contributed by atoms with E-state index in [-0.39, 0.29) is 6.04 Å². The zero-order chi connectivity index (χ0) is 13.8. The van der Waals surface area contributed by atoms with Crippen LogP contribution in [0.15, 0.2) is 46.9 Å². The van der Waals surface area contributed by atoms with Crippen molar-refractivity contribution in [3.63, 3.8) is 0 Å². The van der Waals surface area contributed by atoms with Gasteiger partial charge in [-0.2, -0.15) is 0 Å². The monoisotopic (exact) mass is 318 g/mol. The van der Waals surface area contributed by atoms with E-state index in [1.54, 1.807) is 0 Å². The predicted molar refractivity (Wildman–Crippen MR) is 83.8 cm³/mol. The maximum atomic E-state index is 5.74. The highest BCUT2D eigenvalue weighted by Gasteiger charge is 2.14. The zero-order valence-electron chi connectivity index (χ0n) is 11.3. The molecule has 2 aromatic carbocycles. The van der Waals surface area contributed by atoms with E-state index in [1.807, 2.05) is 6.07 Å². The number of hydrogen-bond acceptors (Lipinski definition) is 2. The fourth-order valence-electron chi connectivity index (χ4n) is 2.22. The van der Waals surface area contributed by atoms with Crippen molar-refractivity contribution >= 4 is 15.9 Å². The van der Waals surface area contributed by atoms with E-state index in [0.717, 1.165) is 10.9 Å². The van der Waals surface area contributed by atoms with Gasteiger partial charge in [0.2, 0.25) is 0 Å². The van der Waals surface area contributed by atoms with E-state index in [0.29, 0.717) is 0 Å². The first-order valence-corrected chi connectivity index (χ1v) is 7.18. The third-order valence-corrected chi connectivity index (χ3v) is 4.31. The van der Waals surface area contributed by atoms with Crippen LogP contribution in [-0.2, 0) is 6.42 Å². The molecule has 2 rings (SSSR count). The minimum Gasteiger partial charge on any atom is -0.271 e. The second-order valence-electron chi connectivity index (χ2n) is 4.86. The Labute approximate surface area is 123 Å². The summed E-state index contributed by atoms with van der Waals surface area (Å²) in [6.45, 7) is 4.21. The van der Waals surface area contributed by atoms with Gasteiger partial charge in [0.05, 0.1) is 6.04 Å². The molecule has 0 fully saturated rings. The highest BCUT2D eigenvalue weighted by atomic mass is 79.9. The lowest BCUT2D eigenvalue weighted by Gasteiger charge is -2.19. The van der Waals surface area contributed by atoms with Crippen LogP contribution in [0.1, 0.15) is 28.3 Å². The molecule has 3 N–H and O–H groups in total. The van der Waals surface area contributed by atoms with Crippen LogP contribution in [0.3, 0.4) is 0 Å². The van der Waals surface area contributed by atoms with Gasteiger partial charge in [0, 0.05) is 4.47 Å². The minimum atomic E-state index is 0.125. The van der Waals surface area contributed by atoms with Crippen LogP contribution in [-0.4, -0.2) is 0 Å². The van der Waals surface area contributed by atoms with Gasteiger partial charge in [-0.1, -0.05) is 57.9 Å². The van der Waals surface area contributed by atoms with Crippen molar-refractivity contribution in [2.75, 3.05) is 0 Å². The van der Waals surface area contributed by atoms with Crippen molar-refractivity contribution in [1.82, 2.24) is 5.43 Å². The third-order valence-electron chi connectivity index (χ3n) is 3.45. The lowest BCUT2D eigenvalue weighted by atomic mass is 9.95. The molecule has 1 atom stereocenters. The van der Waals surface area contributed by atoms with E-state index in [1.165, 1.54) is 22.3 Å². The summed E-state index contributed by atoms with van der Waals surface area (Å²) in [7, 11) is 0. The Hall–Kier alpha value is -1.16. The van der Waals surface area contributed by atoms with Crippen molar-refractivity contribution < 1.29 is 0 Å². The summed E-state index contributed by atoms with van der Waals surface area (Å²) in [4.78, 5) is 0. The molecule has 2 aromatic rings. The second kappa shape index (κ2) is 6.33. The highest BCUT2D eigenvalue weighted by molar-refractivity contribution is 9.10. The number of nitrogens with two attached hydrogens (primary N) is 1. The van der Waals surface area contributed by atoms with Gasteiger partial charge in [0.1, 0.15) is 0 Å². The highest BCUT2D eigenvalue weighted by Crippen LogP contribution is 2.26. The van der Waals surface area contributed by atoms with Gasteiger partial charge in [-0.3, -0.25) is 11.3 Å². The molecule has 0 saturated carbocycles. The van der Waals surface area contributed by atoms with Gasteiger partial charge in [-0.25, -0.2) is 0 Å². The molecule has 0 amide bonds. The standard InChI is InChI=1S/C16H19BrN2/c1-11-6-8-13(9-7-11)10-16(19-18)14-4-3-5-15(17)12(14)2/h3-9,16,19H,10,18H2,1-2H3. The van der Waals surface area contributed by atoms with Crippen LogP contribution in [0.4, 0.5) is 0 Å². The number of benzene rings is 2. The van der Waals surface area contributed by atoms with Crippen LogP contribution < -0.4 is 11.3 Å². The van der Waals surface area contributed by atoms with Crippen LogP contribution in [0.25, 0.3) is 0 Å². The number of rotatable bonds is 4. The third kappa shape index (κ3) is 3.44. The van der Waals surface area contributed by atoms with Gasteiger partial charge >= 0.3 is 0 Å². The van der Waals surface area contributed by atoms with Crippen LogP contribution in [0.5, 0.6) is 0 Å². The van der Waals surface area contributed by atoms with E-state index in [9.17, 15) is 0 Å². The second-order valence-corrected chi connectivity index (χ2v) is 5.72. The van der Waals surface area contributed by atoms with Crippen molar-refractivity contribution in [3.8, 4) is 0 Å². The Morgan fingerprint density at radius 2 is 1.79 bits per heavy atom. The van der Waals surface area contributed by atoms with Gasteiger partial charge in [-0.05, 0) is 43.0 Å². The van der Waals surface area contributed by atoms with Crippen molar-refractivity contribution in [2.24, 2.45) is 5.84 Å². The molecule has 0 radical (unpaired) electrons. The molecule has 2 nitrogen and oxygen atoms in total. The normalized spacial score (nSPS) is 12.4. The lowest BCUT2D eigenvalue weighted by Crippen LogP contribution is -2.30. The fraction of sp³-hybridized carbons (Fsp3) is 0.250. The van der Waals surface area contributed by atoms with Gasteiger partial charge in [0.25, 0.3) is 0 Å². The molecule has 0 aliphatic heterocycles. The van der Waals surface area contributed by atoms with Crippen molar-refractivity contribution in [3.05, 3.63) is 69.2 Å². The van der Waals surface area contributed by atoms with Gasteiger partial charge in [0.15, 0.2) is 0 Å². The number of aryl methyl sites for hydroxylation is 1. The smallest absolute Gasteiger partial charge is 0.0503 e. The number of nitrogens with one attached hydrogen (secondary N) is 1. The summed E-state index contributed by atoms with van der Waals surface area (Å²) in [6, 6.07) is 14.9. The summed E-state index contributed by atoms with van der Waals surface area (Å²) in [6.07, 6.45) is 0.883. The molecule has 100 valence electrons. The average molecular weight is 319 g/mol. The molecular weight excluding hydrogens is 300 g/mol. The minimum absolute atomic E-state index is 0.125. The molecule has 0 aromatic heterocycles. The maximum Gasteiger partial charge on any atom is 0.0503 e. The molecular formula is C16H19BrN2. The maximum absolute atomic E-state index is 5.74. The van der Waals surface area contributed by atoms with E-state index >= 15 is 0 Å². The lowest BCUT2D eigenvalue weighted by molar-refractivity contribution is 0.549. The first kappa shape index (κ1) is 14.3. The summed E-state index contributed by atoms with van der Waals surface area (Å²) in [5.74, 6) is 5.74. The Bertz CT molecular complexity index is 549. The molecule has 0 saturated heterocycles. The van der Waals surface area contributed by atoms with Gasteiger partial charge < -0.3 is 0 Å². The molecule has 0 bridgehead atoms. The van der Waals surface area contributed by atoms with E-state index in [4.69, 9.17) is 5.84 Å². The predicted octanol–water partition coefficient (Wildman–Crippen LogP) is 3.81. The molecule has 0 heterocycles. The largest absolute Gasteiger partial charge is 0.271 e. The molecule has 0 aliphatic rings. The number of hydrazine groups is 1. The van der Waals surface area contributed by atoms with E-state index in [2.05, 4.69) is 71.6 Å². The van der Waals surface area contributed by atoms with E-state index < -0.39 is 0 Å². The molecule has 3 heteroatoms. The summed E-state index contributed by atoms with van der Waals surface area (Å²) < 4.78 is 1.12. The number of hydrogen-bond donors (Lipinski definition) is 2. The molecule has 0 spiro atoms. The topological polar surface area (TPSA) is 38.0 Å². The summed E-state index contributed by atoms with van der Waals surface area (Å²) in [5, 5.41) is 0. The average Bonchev–Trinajstić information content (AvgIpc) is 2.42. The van der Waals surface area contributed by atoms with Crippen LogP contribution >= 0.6 is 15.9 Å².